The van der Waals surface area contributed by atoms with Crippen molar-refractivity contribution >= 4 is 0 Å². The van der Waals surface area contributed by atoms with Gasteiger partial charge >= 0.3 is 0 Å². The zero-order chi connectivity index (χ0) is 9.97. The van der Waals surface area contributed by atoms with Crippen LogP contribution < -0.4 is 0 Å². The lowest BCUT2D eigenvalue weighted by Gasteiger charge is -2.12. The van der Waals surface area contributed by atoms with E-state index in [1.165, 1.54) is 18.7 Å². The van der Waals surface area contributed by atoms with Gasteiger partial charge in [0.25, 0.3) is 0 Å². The van der Waals surface area contributed by atoms with Gasteiger partial charge in [0.05, 0.1) is 0 Å². The first kappa shape index (κ1) is 9.66. The van der Waals surface area contributed by atoms with Gasteiger partial charge in [-0.1, -0.05) is 6.07 Å². The van der Waals surface area contributed by atoms with Gasteiger partial charge in [0.1, 0.15) is 0 Å². The fraction of sp³-hybridized carbons (Fsp3) is 0.583. The van der Waals surface area contributed by atoms with Gasteiger partial charge in [-0.05, 0) is 44.9 Å². The van der Waals surface area contributed by atoms with Crippen molar-refractivity contribution in [2.75, 3.05) is 13.6 Å². The first-order chi connectivity index (χ1) is 6.75. The maximum absolute atomic E-state index is 4.37. The van der Waals surface area contributed by atoms with Crippen molar-refractivity contribution in [3.63, 3.8) is 0 Å². The van der Waals surface area contributed by atoms with Gasteiger partial charge in [0, 0.05) is 24.5 Å². The van der Waals surface area contributed by atoms with E-state index in [1.807, 2.05) is 12.3 Å². The maximum atomic E-state index is 4.37. The molecule has 2 atom stereocenters. The van der Waals surface area contributed by atoms with E-state index in [2.05, 4.69) is 36.0 Å². The van der Waals surface area contributed by atoms with Gasteiger partial charge in [-0.15, -0.1) is 0 Å². The van der Waals surface area contributed by atoms with Crippen LogP contribution in [0.5, 0.6) is 0 Å². The van der Waals surface area contributed by atoms with Crippen molar-refractivity contribution in [3.05, 3.63) is 30.1 Å². The number of rotatable bonds is 2. The van der Waals surface area contributed by atoms with Crippen molar-refractivity contribution < 1.29 is 0 Å². The molecule has 0 amide bonds. The molecule has 2 nitrogen and oxygen atoms in total. The molecule has 2 unspecified atom stereocenters. The highest BCUT2D eigenvalue weighted by molar-refractivity contribution is 5.05. The summed E-state index contributed by atoms with van der Waals surface area (Å²) in [6.45, 7) is 3.52. The van der Waals surface area contributed by atoms with Gasteiger partial charge < -0.3 is 4.90 Å². The van der Waals surface area contributed by atoms with Crippen LogP contribution in [0.1, 0.15) is 19.0 Å². The molecule has 0 aliphatic carbocycles. The predicted octanol–water partition coefficient (Wildman–Crippen LogP) is 1.96. The van der Waals surface area contributed by atoms with E-state index < -0.39 is 0 Å². The Morgan fingerprint density at radius 1 is 1.50 bits per heavy atom. The third-order valence-corrected chi connectivity index (χ3v) is 3.20. The smallest absolute Gasteiger partial charge is 0.0406 e. The third kappa shape index (κ3) is 2.13. The summed E-state index contributed by atoms with van der Waals surface area (Å²) in [4.78, 5) is 6.81. The van der Waals surface area contributed by atoms with Crippen molar-refractivity contribution in [1.82, 2.24) is 9.88 Å². The highest BCUT2D eigenvalue weighted by atomic mass is 15.1. The molecule has 1 saturated heterocycles. The molecule has 14 heavy (non-hydrogen) atoms. The summed E-state index contributed by atoms with van der Waals surface area (Å²) in [7, 11) is 2.21. The highest BCUT2D eigenvalue weighted by Crippen LogP contribution is 2.23. The van der Waals surface area contributed by atoms with Crippen LogP contribution in [-0.2, 0) is 6.42 Å². The Hall–Kier alpha value is -0.890. The SMILES string of the molecule is CC1CC(Cc2ccccn2)CN1C. The lowest BCUT2D eigenvalue weighted by molar-refractivity contribution is 0.325. The molecule has 1 aromatic heterocycles. The lowest BCUT2D eigenvalue weighted by Crippen LogP contribution is -2.21. The Labute approximate surface area is 86.0 Å². The number of likely N-dealkylation sites (tertiary alicyclic amines) is 1. The molecule has 76 valence electrons. The van der Waals surface area contributed by atoms with E-state index >= 15 is 0 Å². The van der Waals surface area contributed by atoms with Crippen molar-refractivity contribution in [2.24, 2.45) is 5.92 Å². The third-order valence-electron chi connectivity index (χ3n) is 3.20. The molecule has 2 heteroatoms. The Bertz CT molecular complexity index is 274. The van der Waals surface area contributed by atoms with Crippen molar-refractivity contribution in [2.45, 2.75) is 25.8 Å². The van der Waals surface area contributed by atoms with E-state index in [1.54, 1.807) is 0 Å². The Morgan fingerprint density at radius 3 is 2.93 bits per heavy atom. The first-order valence-electron chi connectivity index (χ1n) is 5.36. The molecule has 0 N–H and O–H groups in total. The Morgan fingerprint density at radius 2 is 2.36 bits per heavy atom. The van der Waals surface area contributed by atoms with Crippen LogP contribution in [0, 0.1) is 5.92 Å². The average molecular weight is 190 g/mol. The molecule has 2 rings (SSSR count). The molecular weight excluding hydrogens is 172 g/mol. The van der Waals surface area contributed by atoms with Crippen molar-refractivity contribution in [1.29, 1.82) is 0 Å². The number of nitrogens with zero attached hydrogens (tertiary/aromatic N) is 2. The quantitative estimate of drug-likeness (QED) is 0.708. The van der Waals surface area contributed by atoms with E-state index in [9.17, 15) is 0 Å². The van der Waals surface area contributed by atoms with Crippen LogP contribution in [0.3, 0.4) is 0 Å². The summed E-state index contributed by atoms with van der Waals surface area (Å²) in [5, 5.41) is 0. The van der Waals surface area contributed by atoms with Gasteiger partial charge in [-0.2, -0.15) is 0 Å². The summed E-state index contributed by atoms with van der Waals surface area (Å²) in [6, 6.07) is 6.92. The number of hydrogen-bond acceptors (Lipinski definition) is 2. The average Bonchev–Trinajstić information content (AvgIpc) is 2.47. The monoisotopic (exact) mass is 190 g/mol. The van der Waals surface area contributed by atoms with Crippen LogP contribution in [0.25, 0.3) is 0 Å². The minimum Gasteiger partial charge on any atom is -0.303 e. The van der Waals surface area contributed by atoms with Gasteiger partial charge in [0.15, 0.2) is 0 Å². The summed E-state index contributed by atoms with van der Waals surface area (Å²) in [5.41, 5.74) is 1.24. The molecule has 0 spiro atoms. The fourth-order valence-corrected chi connectivity index (χ4v) is 2.29. The molecule has 1 aliphatic rings. The van der Waals surface area contributed by atoms with E-state index in [0.29, 0.717) is 0 Å². The first-order valence-corrected chi connectivity index (χ1v) is 5.36. The van der Waals surface area contributed by atoms with E-state index in [-0.39, 0.29) is 0 Å². The summed E-state index contributed by atoms with van der Waals surface area (Å²) >= 11 is 0. The van der Waals surface area contributed by atoms with Gasteiger partial charge in [-0.25, -0.2) is 0 Å². The van der Waals surface area contributed by atoms with Crippen LogP contribution in [0.2, 0.25) is 0 Å². The second kappa shape index (κ2) is 4.09. The maximum Gasteiger partial charge on any atom is 0.0406 e. The summed E-state index contributed by atoms with van der Waals surface area (Å²) in [6.07, 6.45) is 4.33. The van der Waals surface area contributed by atoms with Gasteiger partial charge in [-0.3, -0.25) is 4.98 Å². The Balaban J connectivity index is 1.94. The molecule has 0 saturated carbocycles. The van der Waals surface area contributed by atoms with Crippen LogP contribution in [-0.4, -0.2) is 29.5 Å². The minimum atomic E-state index is 0.740. The molecule has 2 heterocycles. The standard InChI is InChI=1S/C12H18N2/c1-10-7-11(9-14(10)2)8-12-5-3-4-6-13-12/h3-6,10-11H,7-9H2,1-2H3. The predicted molar refractivity (Wildman–Crippen MR) is 58.1 cm³/mol. The minimum absolute atomic E-state index is 0.740. The zero-order valence-electron chi connectivity index (χ0n) is 8.98. The molecular formula is C12H18N2. The van der Waals surface area contributed by atoms with Crippen molar-refractivity contribution in [3.8, 4) is 0 Å². The normalized spacial score (nSPS) is 28.1. The van der Waals surface area contributed by atoms with E-state index in [4.69, 9.17) is 0 Å². The van der Waals surface area contributed by atoms with Crippen LogP contribution in [0.15, 0.2) is 24.4 Å². The largest absolute Gasteiger partial charge is 0.303 e. The highest BCUT2D eigenvalue weighted by Gasteiger charge is 2.26. The second-order valence-electron chi connectivity index (χ2n) is 4.42. The second-order valence-corrected chi connectivity index (χ2v) is 4.42. The van der Waals surface area contributed by atoms with Crippen LogP contribution in [0.4, 0.5) is 0 Å². The zero-order valence-corrected chi connectivity index (χ0v) is 8.98. The fourth-order valence-electron chi connectivity index (χ4n) is 2.29. The molecule has 1 fully saturated rings. The molecule has 0 bridgehead atoms. The number of hydrogen-bond donors (Lipinski definition) is 0. The lowest BCUT2D eigenvalue weighted by atomic mass is 10.0. The van der Waals surface area contributed by atoms with Crippen LogP contribution >= 0.6 is 0 Å². The molecule has 1 aromatic rings. The van der Waals surface area contributed by atoms with Gasteiger partial charge in [0.2, 0.25) is 0 Å². The molecule has 0 radical (unpaired) electrons. The van der Waals surface area contributed by atoms with E-state index in [0.717, 1.165) is 18.4 Å². The Kier molecular flexibility index (Phi) is 2.82. The topological polar surface area (TPSA) is 16.1 Å². The summed E-state index contributed by atoms with van der Waals surface area (Å²) < 4.78 is 0. The number of pyridine rings is 1. The number of aromatic nitrogens is 1. The summed E-state index contributed by atoms with van der Waals surface area (Å²) in [5.74, 6) is 0.796. The molecule has 1 aliphatic heterocycles. The molecule has 0 aromatic carbocycles.